The standard InChI is InChI=1S/C59H111N9O19S2/c1-50(60-13-14-61-53(69)43-62-54(70)44-63-55(71)45-64-56(72)48-87-66-51(49-89-59(8,9)10)11-42-88-58(5,6)7)86-47-52-46-68(67-65-52)15-17-74-19-21-76-23-25-78-27-29-80-31-33-82-35-37-84-39-41-85-40-38-83-36-34-81-32-30-79-28-26-77-24-22-75-20-18-73-16-12-57(2,3)4/h46,60H,1,11-45,47-49H2,2-10H3,(H,61,69)(H,62,70)(H,63,71)(H,64,72)/b66-51-. The minimum absolute atomic E-state index is 0.0472. The fourth-order valence-corrected chi connectivity index (χ4v) is 8.03. The predicted molar refractivity (Wildman–Crippen MR) is 341 cm³/mol. The van der Waals surface area contributed by atoms with Crippen LogP contribution in [0.2, 0.25) is 0 Å². The largest absolute Gasteiger partial charge is 0.473 e. The molecule has 1 aromatic rings. The molecule has 1 rings (SSSR count). The summed E-state index contributed by atoms with van der Waals surface area (Å²) in [6.07, 6.45) is 3.50. The number of rotatable bonds is 62. The summed E-state index contributed by atoms with van der Waals surface area (Å²) in [7, 11) is 0. The molecule has 0 fully saturated rings. The molecule has 1 aromatic heterocycles. The average Bonchev–Trinajstić information content (AvgIpc) is 4.24. The number of ether oxygens (including phenoxy) is 14. The number of amides is 4. The second-order valence-corrected chi connectivity index (χ2v) is 26.3. The maximum atomic E-state index is 12.2. The van der Waals surface area contributed by atoms with Crippen LogP contribution < -0.4 is 26.6 Å². The van der Waals surface area contributed by atoms with Crippen molar-refractivity contribution in [1.29, 1.82) is 0 Å². The molecule has 0 aromatic carbocycles. The molecule has 518 valence electrons. The van der Waals surface area contributed by atoms with Crippen LogP contribution in [0.15, 0.2) is 23.8 Å². The zero-order valence-corrected chi connectivity index (χ0v) is 56.6. The zero-order valence-electron chi connectivity index (χ0n) is 55.0. The lowest BCUT2D eigenvalue weighted by Crippen LogP contribution is -2.45. The van der Waals surface area contributed by atoms with Crippen LogP contribution >= 0.6 is 23.5 Å². The molecule has 30 heteroatoms. The summed E-state index contributed by atoms with van der Waals surface area (Å²) >= 11 is 3.57. The Labute approximate surface area is 538 Å². The average molecular weight is 1310 g/mol. The van der Waals surface area contributed by atoms with Gasteiger partial charge in [0, 0.05) is 34.9 Å². The van der Waals surface area contributed by atoms with Gasteiger partial charge in [0.2, 0.25) is 17.7 Å². The Hall–Kier alpha value is -3.99. The number of hydrogen-bond acceptors (Lipinski definition) is 25. The van der Waals surface area contributed by atoms with E-state index in [1.54, 1.807) is 22.6 Å². The summed E-state index contributed by atoms with van der Waals surface area (Å²) in [6, 6.07) is 0. The first-order valence-corrected chi connectivity index (χ1v) is 32.7. The molecule has 0 saturated carbocycles. The summed E-state index contributed by atoms with van der Waals surface area (Å²) < 4.78 is 79.4. The fraction of sp³-hybridized carbons (Fsp3) is 0.847. The Morgan fingerprint density at radius 3 is 1.24 bits per heavy atom. The van der Waals surface area contributed by atoms with Crippen LogP contribution in [0.25, 0.3) is 0 Å². The van der Waals surface area contributed by atoms with Gasteiger partial charge in [-0.25, -0.2) is 4.68 Å². The van der Waals surface area contributed by atoms with E-state index in [1.807, 2.05) is 11.8 Å². The molecular weight excluding hydrogens is 1200 g/mol. The first-order valence-electron chi connectivity index (χ1n) is 30.7. The number of nitrogens with one attached hydrogen (secondary N) is 5. The van der Waals surface area contributed by atoms with Gasteiger partial charge in [-0.2, -0.15) is 11.8 Å². The van der Waals surface area contributed by atoms with E-state index in [1.165, 1.54) is 0 Å². The quantitative estimate of drug-likeness (QED) is 0.0271. The Morgan fingerprint density at radius 1 is 0.483 bits per heavy atom. The third-order valence-electron chi connectivity index (χ3n) is 11.0. The molecule has 0 aliphatic carbocycles. The van der Waals surface area contributed by atoms with E-state index < -0.39 is 23.6 Å². The summed E-state index contributed by atoms with van der Waals surface area (Å²) in [5.41, 5.74) is 1.72. The second kappa shape index (κ2) is 55.6. The Bertz CT molecular complexity index is 1960. The number of nitrogens with zero attached hydrogens (tertiary/aromatic N) is 4. The highest BCUT2D eigenvalue weighted by Gasteiger charge is 2.17. The van der Waals surface area contributed by atoms with Crippen LogP contribution in [0, 0.1) is 5.41 Å². The van der Waals surface area contributed by atoms with Gasteiger partial charge in [0.25, 0.3) is 5.91 Å². The van der Waals surface area contributed by atoms with E-state index in [2.05, 4.69) is 111 Å². The van der Waals surface area contributed by atoms with Gasteiger partial charge < -0.3 is 97.7 Å². The maximum absolute atomic E-state index is 12.2. The van der Waals surface area contributed by atoms with E-state index >= 15 is 0 Å². The summed E-state index contributed by atoms with van der Waals surface area (Å²) in [4.78, 5) is 54.1. The van der Waals surface area contributed by atoms with Crippen molar-refractivity contribution in [2.45, 2.75) is 97.8 Å². The van der Waals surface area contributed by atoms with Gasteiger partial charge in [0.15, 0.2) is 12.5 Å². The SMILES string of the molecule is C=C(NCCNC(=O)CNC(=O)CNC(=O)CNC(=O)CO/N=C(/CCSC(C)(C)C)CSC(C)(C)C)OCc1cn(CCOCCOCCOCCOCCOCCOCCOCCOCCOCCOCCOCCOCCOCCC(C)(C)C)nn1. The highest BCUT2D eigenvalue weighted by atomic mass is 32.2. The number of thioether (sulfide) groups is 2. The van der Waals surface area contributed by atoms with Crippen molar-refractivity contribution in [2.75, 3.05) is 223 Å². The molecule has 5 N–H and O–H groups in total. The highest BCUT2D eigenvalue weighted by molar-refractivity contribution is 8.01. The monoisotopic (exact) mass is 1310 g/mol. The molecule has 0 bridgehead atoms. The van der Waals surface area contributed by atoms with E-state index in [4.69, 9.17) is 71.2 Å². The Kier molecular flexibility index (Phi) is 51.9. The molecule has 0 radical (unpaired) electrons. The number of hydrogen-bond donors (Lipinski definition) is 5. The van der Waals surface area contributed by atoms with E-state index in [0.717, 1.165) is 30.9 Å². The fourth-order valence-electron chi connectivity index (χ4n) is 6.28. The van der Waals surface area contributed by atoms with Crippen LogP contribution in [-0.4, -0.2) is 276 Å². The molecule has 28 nitrogen and oxygen atoms in total. The van der Waals surface area contributed by atoms with Crippen molar-refractivity contribution in [3.8, 4) is 0 Å². The van der Waals surface area contributed by atoms with Gasteiger partial charge in [-0.05, 0) is 30.6 Å². The molecule has 0 aliphatic heterocycles. The Morgan fingerprint density at radius 2 is 0.843 bits per heavy atom. The van der Waals surface area contributed by atoms with Crippen molar-refractivity contribution in [1.82, 2.24) is 41.6 Å². The third kappa shape index (κ3) is 61.3. The van der Waals surface area contributed by atoms with Crippen LogP contribution in [0.1, 0.15) is 80.8 Å². The lowest BCUT2D eigenvalue weighted by molar-refractivity contribution is -0.130. The summed E-state index contributed by atoms with van der Waals surface area (Å²) in [5.74, 6) is -0.312. The van der Waals surface area contributed by atoms with Crippen molar-refractivity contribution in [2.24, 2.45) is 10.6 Å². The lowest BCUT2D eigenvalue weighted by Gasteiger charge is -2.20. The molecule has 0 atom stereocenters. The van der Waals surface area contributed by atoms with Gasteiger partial charge >= 0.3 is 0 Å². The summed E-state index contributed by atoms with van der Waals surface area (Å²) in [6.45, 7) is 35.8. The second-order valence-electron chi connectivity index (χ2n) is 22.6. The molecule has 1 heterocycles. The molecule has 4 amide bonds. The van der Waals surface area contributed by atoms with Crippen LogP contribution in [0.3, 0.4) is 0 Å². The number of carbonyl (C=O) groups excluding carboxylic acids is 4. The van der Waals surface area contributed by atoms with E-state index in [0.29, 0.717) is 190 Å². The smallest absolute Gasteiger partial charge is 0.261 e. The molecular formula is C59H111N9O19S2. The van der Waals surface area contributed by atoms with Crippen molar-refractivity contribution in [3.63, 3.8) is 0 Å². The number of oxime groups is 1. The summed E-state index contributed by atoms with van der Waals surface area (Å²) in [5, 5.41) is 25.2. The Balaban J connectivity index is 1.86. The number of carbonyl (C=O) groups is 4. The molecule has 0 saturated heterocycles. The molecule has 0 spiro atoms. The van der Waals surface area contributed by atoms with Crippen LogP contribution in [-0.2, 0) is 103 Å². The minimum Gasteiger partial charge on any atom is -0.473 e. The van der Waals surface area contributed by atoms with Gasteiger partial charge in [-0.15, -0.1) is 16.9 Å². The number of aromatic nitrogens is 3. The van der Waals surface area contributed by atoms with Gasteiger partial charge in [0.1, 0.15) is 12.3 Å². The van der Waals surface area contributed by atoms with E-state index in [-0.39, 0.29) is 60.2 Å². The third-order valence-corrected chi connectivity index (χ3v) is 13.6. The topological polar surface area (TPSA) is 310 Å². The van der Waals surface area contributed by atoms with Crippen molar-refractivity contribution in [3.05, 3.63) is 24.4 Å². The molecule has 0 aliphatic rings. The first kappa shape index (κ1) is 83.0. The zero-order chi connectivity index (χ0) is 65.4. The first-order chi connectivity index (χ1) is 42.7. The highest BCUT2D eigenvalue weighted by Crippen LogP contribution is 2.26. The van der Waals surface area contributed by atoms with Gasteiger partial charge in [-0.3, -0.25) is 19.2 Å². The van der Waals surface area contributed by atoms with E-state index in [9.17, 15) is 19.2 Å². The molecule has 0 unspecified atom stereocenters. The lowest BCUT2D eigenvalue weighted by atomic mass is 9.93. The molecule has 89 heavy (non-hydrogen) atoms. The van der Waals surface area contributed by atoms with Gasteiger partial charge in [-0.1, -0.05) is 72.7 Å². The van der Waals surface area contributed by atoms with Crippen molar-refractivity contribution >= 4 is 52.9 Å². The maximum Gasteiger partial charge on any atom is 0.261 e. The van der Waals surface area contributed by atoms with Crippen LogP contribution in [0.4, 0.5) is 0 Å². The minimum atomic E-state index is -0.586. The van der Waals surface area contributed by atoms with Gasteiger partial charge in [0.05, 0.1) is 203 Å². The van der Waals surface area contributed by atoms with Crippen molar-refractivity contribution < 1.29 is 90.3 Å². The predicted octanol–water partition coefficient (Wildman–Crippen LogP) is 2.80. The normalized spacial score (nSPS) is 12.1. The van der Waals surface area contributed by atoms with Crippen LogP contribution in [0.5, 0.6) is 0 Å².